The van der Waals surface area contributed by atoms with Crippen LogP contribution in [0.4, 0.5) is 4.79 Å². The van der Waals surface area contributed by atoms with E-state index in [1.807, 2.05) is 84.9 Å². The molecule has 0 spiro atoms. The number of ether oxygens (including phenoxy) is 1. The zero-order valence-electron chi connectivity index (χ0n) is 20.5. The maximum atomic E-state index is 13.5. The molecule has 4 amide bonds. The fourth-order valence-electron chi connectivity index (χ4n) is 4.72. The van der Waals surface area contributed by atoms with Crippen molar-refractivity contribution in [2.24, 2.45) is 5.10 Å². The topological polar surface area (TPSA) is 91.3 Å². The van der Waals surface area contributed by atoms with Crippen LogP contribution in [0.3, 0.4) is 0 Å². The first-order valence-electron chi connectivity index (χ1n) is 12.3. The highest BCUT2D eigenvalue weighted by Crippen LogP contribution is 2.34. The average Bonchev–Trinajstić information content (AvgIpc) is 3.50. The predicted molar refractivity (Wildman–Crippen MR) is 139 cm³/mol. The molecule has 0 radical (unpaired) electrons. The van der Waals surface area contributed by atoms with Gasteiger partial charge in [-0.1, -0.05) is 72.8 Å². The van der Waals surface area contributed by atoms with Gasteiger partial charge in [-0.25, -0.2) is 9.80 Å². The van der Waals surface area contributed by atoms with Crippen LogP contribution < -0.4 is 10.1 Å². The second kappa shape index (κ2) is 10.7. The number of imide groups is 1. The van der Waals surface area contributed by atoms with Crippen LogP contribution in [0.2, 0.25) is 0 Å². The van der Waals surface area contributed by atoms with Crippen LogP contribution >= 0.6 is 0 Å². The molecule has 188 valence electrons. The largest absolute Gasteiger partial charge is 0.497 e. The zero-order chi connectivity index (χ0) is 25.8. The van der Waals surface area contributed by atoms with Gasteiger partial charge >= 0.3 is 6.03 Å². The van der Waals surface area contributed by atoms with Gasteiger partial charge in [0.1, 0.15) is 18.3 Å². The van der Waals surface area contributed by atoms with Crippen molar-refractivity contribution in [3.8, 4) is 5.75 Å². The van der Waals surface area contributed by atoms with E-state index in [0.717, 1.165) is 27.3 Å². The van der Waals surface area contributed by atoms with Crippen molar-refractivity contribution in [2.75, 3.05) is 13.7 Å². The minimum absolute atomic E-state index is 0.358. The Kier molecular flexibility index (Phi) is 6.98. The van der Waals surface area contributed by atoms with Crippen molar-refractivity contribution >= 4 is 23.6 Å². The Labute approximate surface area is 215 Å². The maximum absolute atomic E-state index is 13.5. The van der Waals surface area contributed by atoms with Crippen molar-refractivity contribution in [1.82, 2.24) is 15.2 Å². The number of methoxy groups -OCH3 is 1. The van der Waals surface area contributed by atoms with E-state index in [1.54, 1.807) is 7.11 Å². The number of hydrazone groups is 1. The molecule has 8 heteroatoms. The van der Waals surface area contributed by atoms with Crippen LogP contribution in [0.1, 0.15) is 35.6 Å². The summed E-state index contributed by atoms with van der Waals surface area (Å²) in [5.41, 5.74) is 3.67. The summed E-state index contributed by atoms with van der Waals surface area (Å²) < 4.78 is 5.27. The lowest BCUT2D eigenvalue weighted by molar-refractivity contribution is -0.138. The van der Waals surface area contributed by atoms with Crippen molar-refractivity contribution in [1.29, 1.82) is 0 Å². The Morgan fingerprint density at radius 3 is 2.32 bits per heavy atom. The van der Waals surface area contributed by atoms with Crippen molar-refractivity contribution < 1.29 is 19.1 Å². The summed E-state index contributed by atoms with van der Waals surface area (Å²) in [7, 11) is 1.60. The Morgan fingerprint density at radius 2 is 1.65 bits per heavy atom. The molecule has 0 aromatic heterocycles. The second-order valence-corrected chi connectivity index (χ2v) is 9.09. The van der Waals surface area contributed by atoms with Crippen molar-refractivity contribution in [2.45, 2.75) is 31.3 Å². The first-order chi connectivity index (χ1) is 18.0. The van der Waals surface area contributed by atoms with Gasteiger partial charge in [-0.3, -0.25) is 14.5 Å². The Hall–Kier alpha value is -4.46. The number of urea groups is 1. The summed E-state index contributed by atoms with van der Waals surface area (Å²) in [5.74, 6) is -0.0922. The van der Waals surface area contributed by atoms with E-state index in [4.69, 9.17) is 4.74 Å². The molecule has 37 heavy (non-hydrogen) atoms. The molecule has 2 heterocycles. The highest BCUT2D eigenvalue weighted by molar-refractivity contribution is 6.07. The lowest BCUT2D eigenvalue weighted by atomic mass is 9.98. The lowest BCUT2D eigenvalue weighted by Gasteiger charge is -2.24. The van der Waals surface area contributed by atoms with Gasteiger partial charge in [0.25, 0.3) is 11.8 Å². The summed E-state index contributed by atoms with van der Waals surface area (Å²) in [4.78, 5) is 40.1. The smallest absolute Gasteiger partial charge is 0.325 e. The van der Waals surface area contributed by atoms with Gasteiger partial charge < -0.3 is 10.1 Å². The number of rotatable bonds is 8. The van der Waals surface area contributed by atoms with E-state index in [2.05, 4.69) is 10.4 Å². The number of benzene rings is 3. The van der Waals surface area contributed by atoms with E-state index in [9.17, 15) is 14.4 Å². The first-order valence-corrected chi connectivity index (χ1v) is 12.3. The molecule has 0 saturated carbocycles. The second-order valence-electron chi connectivity index (χ2n) is 9.09. The highest BCUT2D eigenvalue weighted by atomic mass is 16.5. The van der Waals surface area contributed by atoms with Gasteiger partial charge in [-0.05, 0) is 41.7 Å². The van der Waals surface area contributed by atoms with Crippen LogP contribution in [0, 0.1) is 0 Å². The Bertz CT molecular complexity index is 1310. The van der Waals surface area contributed by atoms with Crippen molar-refractivity contribution in [3.63, 3.8) is 0 Å². The molecule has 5 rings (SSSR count). The molecule has 1 fully saturated rings. The van der Waals surface area contributed by atoms with Crippen LogP contribution in [0.25, 0.3) is 0 Å². The number of carbonyl (C=O) groups excluding carboxylic acids is 3. The Morgan fingerprint density at radius 1 is 0.973 bits per heavy atom. The van der Waals surface area contributed by atoms with Crippen LogP contribution in [-0.2, 0) is 16.0 Å². The summed E-state index contributed by atoms with van der Waals surface area (Å²) in [6.07, 6.45) is 1.63. The van der Waals surface area contributed by atoms with Gasteiger partial charge in [0, 0.05) is 6.42 Å². The standard InChI is InChI=1S/C29H28N4O4/c1-37-23-15-13-22(14-16-23)26-18-25(21-10-6-3-7-11-21)31-33(26)27(34)19-32-28(35)24(30-29(32)36)17-12-20-8-4-2-5-9-20/h2-11,13-16,24,26H,12,17-19H2,1H3,(H,30,36)/t24-,26-/m1/s1. The number of hydrogen-bond donors (Lipinski definition) is 1. The molecule has 1 saturated heterocycles. The number of aryl methyl sites for hydroxylation is 1. The number of carbonyl (C=O) groups is 3. The molecule has 2 aliphatic heterocycles. The van der Waals surface area contributed by atoms with Gasteiger partial charge in [-0.2, -0.15) is 5.10 Å². The molecular formula is C29H28N4O4. The molecule has 3 aromatic carbocycles. The van der Waals surface area contributed by atoms with Gasteiger partial charge in [0.2, 0.25) is 0 Å². The molecule has 2 atom stereocenters. The molecule has 2 aliphatic rings. The van der Waals surface area contributed by atoms with E-state index in [1.165, 1.54) is 5.01 Å². The quantitative estimate of drug-likeness (QED) is 0.479. The van der Waals surface area contributed by atoms with Crippen LogP contribution in [0.5, 0.6) is 5.75 Å². The third-order valence-electron chi connectivity index (χ3n) is 6.74. The molecule has 1 N–H and O–H groups in total. The third-order valence-corrected chi connectivity index (χ3v) is 6.74. The molecule has 3 aromatic rings. The number of amides is 4. The van der Waals surface area contributed by atoms with Crippen LogP contribution in [0.15, 0.2) is 90.0 Å². The normalized spacial score (nSPS) is 19.1. The summed E-state index contributed by atoms with van der Waals surface area (Å²) in [6.45, 7) is -0.370. The van der Waals surface area contributed by atoms with Crippen LogP contribution in [-0.4, -0.2) is 53.2 Å². The molecule has 0 aliphatic carbocycles. The van der Waals surface area contributed by atoms with E-state index < -0.39 is 18.0 Å². The Balaban J connectivity index is 1.32. The number of nitrogens with zero attached hydrogens (tertiary/aromatic N) is 3. The molecule has 8 nitrogen and oxygen atoms in total. The lowest BCUT2D eigenvalue weighted by Crippen LogP contribution is -2.41. The first kappa shape index (κ1) is 24.2. The fourth-order valence-corrected chi connectivity index (χ4v) is 4.72. The fraction of sp³-hybridized carbons (Fsp3) is 0.241. The summed E-state index contributed by atoms with van der Waals surface area (Å²) >= 11 is 0. The number of nitrogens with one attached hydrogen (secondary N) is 1. The van der Waals surface area contributed by atoms with E-state index >= 15 is 0 Å². The average molecular weight is 497 g/mol. The van der Waals surface area contributed by atoms with Gasteiger partial charge in [0.15, 0.2) is 0 Å². The minimum atomic E-state index is -0.653. The number of hydrogen-bond acceptors (Lipinski definition) is 5. The van der Waals surface area contributed by atoms with Gasteiger partial charge in [0.05, 0.1) is 18.9 Å². The maximum Gasteiger partial charge on any atom is 0.325 e. The van der Waals surface area contributed by atoms with Crippen molar-refractivity contribution in [3.05, 3.63) is 102 Å². The molecule has 0 bridgehead atoms. The van der Waals surface area contributed by atoms with E-state index in [0.29, 0.717) is 25.0 Å². The summed E-state index contributed by atoms with van der Waals surface area (Å²) in [5, 5.41) is 8.78. The predicted octanol–water partition coefficient (Wildman–Crippen LogP) is 3.93. The molecular weight excluding hydrogens is 468 g/mol. The summed E-state index contributed by atoms with van der Waals surface area (Å²) in [6, 6.07) is 25.4. The van der Waals surface area contributed by atoms with E-state index in [-0.39, 0.29) is 18.5 Å². The highest BCUT2D eigenvalue weighted by Gasteiger charge is 2.41. The third kappa shape index (κ3) is 5.23. The monoisotopic (exact) mass is 496 g/mol. The SMILES string of the molecule is COc1ccc([C@H]2CC(c3ccccc3)=NN2C(=O)CN2C(=O)N[C@H](CCc3ccccc3)C2=O)cc1. The minimum Gasteiger partial charge on any atom is -0.497 e. The zero-order valence-corrected chi connectivity index (χ0v) is 20.5. The van der Waals surface area contributed by atoms with Gasteiger partial charge in [-0.15, -0.1) is 0 Å². The molecule has 0 unspecified atom stereocenters.